The van der Waals surface area contributed by atoms with Crippen molar-refractivity contribution in [2.45, 2.75) is 31.8 Å². The van der Waals surface area contributed by atoms with Crippen molar-refractivity contribution >= 4 is 24.2 Å². The first-order chi connectivity index (χ1) is 13.5. The van der Waals surface area contributed by atoms with E-state index in [4.69, 9.17) is 0 Å². The van der Waals surface area contributed by atoms with E-state index in [0.717, 1.165) is 18.7 Å². The predicted molar refractivity (Wildman–Crippen MR) is 110 cm³/mol. The summed E-state index contributed by atoms with van der Waals surface area (Å²) >= 11 is 0. The predicted octanol–water partition coefficient (Wildman–Crippen LogP) is 1.69. The molecule has 7 nitrogen and oxygen atoms in total. The number of carbonyl (C=O) groups is 2. The van der Waals surface area contributed by atoms with Gasteiger partial charge in [0.2, 0.25) is 5.91 Å². The smallest absolute Gasteiger partial charge is 0.251 e. The molecule has 1 saturated heterocycles. The van der Waals surface area contributed by atoms with Crippen LogP contribution in [0.1, 0.15) is 25.3 Å². The summed E-state index contributed by atoms with van der Waals surface area (Å²) in [5.41, 5.74) is 0.0395. The Balaban J connectivity index is 0.00000300. The van der Waals surface area contributed by atoms with Gasteiger partial charge in [-0.15, -0.1) is 12.4 Å². The fraction of sp³-hybridized carbons (Fsp3) is 0.450. The van der Waals surface area contributed by atoms with Gasteiger partial charge in [-0.3, -0.25) is 14.3 Å². The lowest BCUT2D eigenvalue weighted by Crippen LogP contribution is -2.57. The Bertz CT molecular complexity index is 792. The van der Waals surface area contributed by atoms with Gasteiger partial charge < -0.3 is 15.5 Å². The number of benzene rings is 1. The summed E-state index contributed by atoms with van der Waals surface area (Å²) in [6.45, 7) is 4.01. The van der Waals surface area contributed by atoms with Gasteiger partial charge in [-0.1, -0.05) is 12.1 Å². The number of nitrogens with zero attached hydrogens (tertiary/aromatic N) is 3. The van der Waals surface area contributed by atoms with Gasteiger partial charge in [0.1, 0.15) is 11.4 Å². The highest BCUT2D eigenvalue weighted by Crippen LogP contribution is 2.29. The van der Waals surface area contributed by atoms with E-state index in [-0.39, 0.29) is 36.6 Å². The maximum Gasteiger partial charge on any atom is 0.251 e. The molecule has 1 aliphatic rings. The number of halogens is 2. The van der Waals surface area contributed by atoms with Crippen molar-refractivity contribution in [1.82, 2.24) is 25.3 Å². The minimum atomic E-state index is -0.762. The van der Waals surface area contributed by atoms with E-state index in [9.17, 15) is 14.0 Å². The summed E-state index contributed by atoms with van der Waals surface area (Å²) < 4.78 is 14.7. The van der Waals surface area contributed by atoms with Crippen LogP contribution in [0.2, 0.25) is 0 Å². The molecule has 0 bridgehead atoms. The average molecular weight is 424 g/mol. The molecule has 1 aromatic heterocycles. The van der Waals surface area contributed by atoms with Crippen LogP contribution in [-0.2, 0) is 21.7 Å². The number of likely N-dealkylation sites (N-methyl/N-ethyl adjacent to an activating group) is 1. The molecule has 1 aliphatic heterocycles. The van der Waals surface area contributed by atoms with Crippen LogP contribution < -0.4 is 10.6 Å². The van der Waals surface area contributed by atoms with Crippen molar-refractivity contribution in [3.63, 3.8) is 0 Å². The summed E-state index contributed by atoms with van der Waals surface area (Å²) in [7, 11) is 0. The third-order valence-electron chi connectivity index (χ3n) is 5.18. The van der Waals surface area contributed by atoms with Crippen LogP contribution in [0.15, 0.2) is 42.7 Å². The lowest BCUT2D eigenvalue weighted by molar-refractivity contribution is -0.145. The molecule has 3 rings (SSSR count). The van der Waals surface area contributed by atoms with Gasteiger partial charge in [-0.25, -0.2) is 4.39 Å². The van der Waals surface area contributed by atoms with Gasteiger partial charge in [0.05, 0.1) is 6.54 Å². The molecular formula is C20H27ClFN5O2. The number of hydrogen-bond donors (Lipinski definition) is 2. The van der Waals surface area contributed by atoms with Gasteiger partial charge in [0.15, 0.2) is 0 Å². The van der Waals surface area contributed by atoms with Crippen LogP contribution in [0, 0.1) is 5.82 Å². The van der Waals surface area contributed by atoms with Crippen molar-refractivity contribution in [3.05, 3.63) is 54.1 Å². The van der Waals surface area contributed by atoms with E-state index < -0.39 is 5.54 Å². The fourth-order valence-electron chi connectivity index (χ4n) is 3.56. The first kappa shape index (κ1) is 22.8. The zero-order chi connectivity index (χ0) is 20.0. The SMILES string of the molecule is CCN(CC(=O)NCc1ccc(F)cc1)C(=O)C1(n2cccn2)CCNCC1.Cl. The summed E-state index contributed by atoms with van der Waals surface area (Å²) in [5.74, 6) is -0.648. The van der Waals surface area contributed by atoms with Crippen LogP contribution in [-0.4, -0.2) is 52.7 Å². The minimum Gasteiger partial charge on any atom is -0.350 e. The van der Waals surface area contributed by atoms with E-state index in [1.807, 2.05) is 19.2 Å². The van der Waals surface area contributed by atoms with Crippen LogP contribution in [0.3, 0.4) is 0 Å². The largest absolute Gasteiger partial charge is 0.350 e. The van der Waals surface area contributed by atoms with Crippen LogP contribution >= 0.6 is 12.4 Å². The molecule has 1 fully saturated rings. The number of carbonyl (C=O) groups excluding carboxylic acids is 2. The van der Waals surface area contributed by atoms with Crippen molar-refractivity contribution in [2.75, 3.05) is 26.2 Å². The molecule has 9 heteroatoms. The third-order valence-corrected chi connectivity index (χ3v) is 5.18. The first-order valence-corrected chi connectivity index (χ1v) is 9.56. The van der Waals surface area contributed by atoms with Gasteiger partial charge in [0, 0.05) is 25.5 Å². The highest BCUT2D eigenvalue weighted by atomic mass is 35.5. The van der Waals surface area contributed by atoms with Crippen molar-refractivity contribution in [1.29, 1.82) is 0 Å². The highest BCUT2D eigenvalue weighted by Gasteiger charge is 2.44. The number of nitrogens with one attached hydrogen (secondary N) is 2. The second kappa shape index (κ2) is 10.4. The lowest BCUT2D eigenvalue weighted by atomic mass is 9.86. The number of hydrogen-bond acceptors (Lipinski definition) is 4. The quantitative estimate of drug-likeness (QED) is 0.710. The topological polar surface area (TPSA) is 79.3 Å². The van der Waals surface area contributed by atoms with Gasteiger partial charge in [0.25, 0.3) is 5.91 Å². The van der Waals surface area contributed by atoms with E-state index in [1.165, 1.54) is 12.1 Å². The van der Waals surface area contributed by atoms with Crippen LogP contribution in [0.4, 0.5) is 4.39 Å². The Labute approximate surface area is 176 Å². The van der Waals surface area contributed by atoms with Gasteiger partial charge >= 0.3 is 0 Å². The van der Waals surface area contributed by atoms with E-state index >= 15 is 0 Å². The van der Waals surface area contributed by atoms with Gasteiger partial charge in [-0.2, -0.15) is 5.10 Å². The zero-order valence-electron chi connectivity index (χ0n) is 16.4. The van der Waals surface area contributed by atoms with Crippen LogP contribution in [0.5, 0.6) is 0 Å². The Hall–Kier alpha value is -2.45. The number of aromatic nitrogens is 2. The van der Waals surface area contributed by atoms with E-state index in [1.54, 1.807) is 27.9 Å². The van der Waals surface area contributed by atoms with Crippen LogP contribution in [0.25, 0.3) is 0 Å². The first-order valence-electron chi connectivity index (χ1n) is 9.56. The van der Waals surface area contributed by atoms with Gasteiger partial charge in [-0.05, 0) is 56.6 Å². The van der Waals surface area contributed by atoms with E-state index in [0.29, 0.717) is 25.9 Å². The van der Waals surface area contributed by atoms with E-state index in [2.05, 4.69) is 15.7 Å². The van der Waals surface area contributed by atoms with Crippen molar-refractivity contribution in [2.24, 2.45) is 0 Å². The standard InChI is InChI=1S/C20H26FN5O2.ClH/c1-2-25(15-18(27)23-14-16-4-6-17(21)7-5-16)19(28)20(8-11-22-12-9-20)26-13-3-10-24-26;/h3-7,10,13,22H,2,8-9,11-12,14-15H2,1H3,(H,23,27);1H. The lowest BCUT2D eigenvalue weighted by Gasteiger charge is -2.39. The number of amides is 2. The summed E-state index contributed by atoms with van der Waals surface area (Å²) in [4.78, 5) is 27.4. The molecule has 0 aliphatic carbocycles. The fourth-order valence-corrected chi connectivity index (χ4v) is 3.56. The van der Waals surface area contributed by atoms with Crippen molar-refractivity contribution < 1.29 is 14.0 Å². The molecule has 158 valence electrons. The molecule has 0 spiro atoms. The maximum absolute atomic E-state index is 13.4. The average Bonchev–Trinajstić information content (AvgIpc) is 3.27. The molecule has 0 saturated carbocycles. The Kier molecular flexibility index (Phi) is 8.16. The summed E-state index contributed by atoms with van der Waals surface area (Å²) in [6, 6.07) is 7.77. The molecule has 1 aromatic carbocycles. The molecule has 0 atom stereocenters. The Morgan fingerprint density at radius 2 is 1.97 bits per heavy atom. The number of piperidine rings is 1. The third kappa shape index (κ3) is 5.33. The summed E-state index contributed by atoms with van der Waals surface area (Å²) in [6.07, 6.45) is 4.73. The molecule has 2 N–H and O–H groups in total. The normalized spacial score (nSPS) is 15.2. The Morgan fingerprint density at radius 1 is 1.28 bits per heavy atom. The molecule has 2 aromatic rings. The molecule has 2 heterocycles. The Morgan fingerprint density at radius 3 is 2.55 bits per heavy atom. The second-order valence-corrected chi connectivity index (χ2v) is 6.95. The maximum atomic E-state index is 13.4. The summed E-state index contributed by atoms with van der Waals surface area (Å²) in [5, 5.41) is 10.4. The number of rotatable bonds is 7. The minimum absolute atomic E-state index is 0. The highest BCUT2D eigenvalue weighted by molar-refractivity contribution is 5.89. The molecule has 2 amide bonds. The molecule has 29 heavy (non-hydrogen) atoms. The molecule has 0 unspecified atom stereocenters. The zero-order valence-corrected chi connectivity index (χ0v) is 17.3. The second-order valence-electron chi connectivity index (χ2n) is 6.95. The monoisotopic (exact) mass is 423 g/mol. The molecular weight excluding hydrogens is 397 g/mol. The van der Waals surface area contributed by atoms with Crippen molar-refractivity contribution in [3.8, 4) is 0 Å². The molecule has 0 radical (unpaired) electrons.